The molecule has 0 radical (unpaired) electrons. The average Bonchev–Trinajstić information content (AvgIpc) is 3.25. The first kappa shape index (κ1) is 15.1. The molecular weight excluding hydrogens is 320 g/mol. The number of aromatic nitrogens is 3. The summed E-state index contributed by atoms with van der Waals surface area (Å²) in [7, 11) is 0. The molecule has 0 fully saturated rings. The maximum atomic E-state index is 12.4. The van der Waals surface area contributed by atoms with Crippen LogP contribution in [-0.2, 0) is 6.54 Å². The van der Waals surface area contributed by atoms with E-state index in [0.29, 0.717) is 40.4 Å². The third kappa shape index (κ3) is 2.99. The standard InChI is InChI=1S/C18H14N4O3/c1-11-21-15(10-24-11)17-14-8-12(5-6-16(14)25-22-17)18(23)20-9-13-4-2-3-7-19-13/h2-8,10H,9H2,1H3,(H,20,23). The number of hydrogen-bond acceptors (Lipinski definition) is 6. The molecule has 7 nitrogen and oxygen atoms in total. The van der Waals surface area contributed by atoms with Crippen LogP contribution >= 0.6 is 0 Å². The molecule has 4 rings (SSSR count). The lowest BCUT2D eigenvalue weighted by atomic mass is 10.1. The average molecular weight is 334 g/mol. The molecule has 1 aromatic carbocycles. The van der Waals surface area contributed by atoms with Gasteiger partial charge >= 0.3 is 0 Å². The zero-order valence-electron chi connectivity index (χ0n) is 13.4. The van der Waals surface area contributed by atoms with E-state index >= 15 is 0 Å². The predicted octanol–water partition coefficient (Wildman–Crippen LogP) is 3.12. The van der Waals surface area contributed by atoms with Crippen LogP contribution in [0.4, 0.5) is 0 Å². The van der Waals surface area contributed by atoms with Crippen molar-refractivity contribution in [1.29, 1.82) is 0 Å². The van der Waals surface area contributed by atoms with Gasteiger partial charge in [-0.3, -0.25) is 9.78 Å². The fraction of sp³-hybridized carbons (Fsp3) is 0.111. The van der Waals surface area contributed by atoms with Crippen LogP contribution in [0.3, 0.4) is 0 Å². The molecule has 0 saturated carbocycles. The maximum Gasteiger partial charge on any atom is 0.251 e. The van der Waals surface area contributed by atoms with E-state index in [4.69, 9.17) is 8.94 Å². The van der Waals surface area contributed by atoms with E-state index < -0.39 is 0 Å². The Morgan fingerprint density at radius 3 is 2.92 bits per heavy atom. The van der Waals surface area contributed by atoms with E-state index in [1.54, 1.807) is 31.3 Å². The summed E-state index contributed by atoms with van der Waals surface area (Å²) >= 11 is 0. The number of pyridine rings is 1. The van der Waals surface area contributed by atoms with Gasteiger partial charge in [-0.05, 0) is 30.3 Å². The highest BCUT2D eigenvalue weighted by Crippen LogP contribution is 2.28. The molecule has 1 N–H and O–H groups in total. The highest BCUT2D eigenvalue weighted by molar-refractivity contribution is 6.00. The molecule has 3 heterocycles. The van der Waals surface area contributed by atoms with Crippen LogP contribution in [0.25, 0.3) is 22.4 Å². The highest BCUT2D eigenvalue weighted by Gasteiger charge is 2.16. The Labute approximate surface area is 142 Å². The lowest BCUT2D eigenvalue weighted by Gasteiger charge is -2.04. The van der Waals surface area contributed by atoms with E-state index in [1.807, 2.05) is 18.2 Å². The minimum atomic E-state index is -0.198. The van der Waals surface area contributed by atoms with Gasteiger partial charge in [0.25, 0.3) is 5.91 Å². The Bertz CT molecular complexity index is 1040. The Balaban J connectivity index is 1.61. The summed E-state index contributed by atoms with van der Waals surface area (Å²) in [5.74, 6) is 0.339. The summed E-state index contributed by atoms with van der Waals surface area (Å²) in [4.78, 5) is 20.9. The van der Waals surface area contributed by atoms with Crippen molar-refractivity contribution in [3.05, 3.63) is 66.0 Å². The van der Waals surface area contributed by atoms with Gasteiger partial charge in [0, 0.05) is 18.7 Å². The van der Waals surface area contributed by atoms with Crippen LogP contribution in [0.1, 0.15) is 21.9 Å². The molecule has 4 aromatic rings. The van der Waals surface area contributed by atoms with Crippen molar-refractivity contribution in [3.8, 4) is 11.4 Å². The molecule has 0 aliphatic carbocycles. The smallest absolute Gasteiger partial charge is 0.251 e. The van der Waals surface area contributed by atoms with Crippen LogP contribution in [0.5, 0.6) is 0 Å². The lowest BCUT2D eigenvalue weighted by molar-refractivity contribution is 0.0950. The number of oxazole rings is 1. The number of fused-ring (bicyclic) bond motifs is 1. The first-order valence-electron chi connectivity index (χ1n) is 7.71. The third-order valence-corrected chi connectivity index (χ3v) is 3.75. The molecule has 0 aliphatic heterocycles. The molecule has 1 amide bonds. The summed E-state index contributed by atoms with van der Waals surface area (Å²) in [5.41, 5.74) is 3.00. The number of carbonyl (C=O) groups is 1. The van der Waals surface area contributed by atoms with E-state index in [1.165, 1.54) is 6.26 Å². The second-order valence-electron chi connectivity index (χ2n) is 5.50. The number of rotatable bonds is 4. The van der Waals surface area contributed by atoms with Crippen LogP contribution in [0.15, 0.2) is 57.8 Å². The van der Waals surface area contributed by atoms with Gasteiger partial charge in [0.2, 0.25) is 0 Å². The largest absolute Gasteiger partial charge is 0.449 e. The summed E-state index contributed by atoms with van der Waals surface area (Å²) in [6, 6.07) is 10.7. The Hall–Kier alpha value is -3.48. The van der Waals surface area contributed by atoms with Crippen LogP contribution in [-0.4, -0.2) is 21.0 Å². The summed E-state index contributed by atoms with van der Waals surface area (Å²) in [5, 5.41) is 7.59. The molecule has 25 heavy (non-hydrogen) atoms. The first-order chi connectivity index (χ1) is 12.2. The summed E-state index contributed by atoms with van der Waals surface area (Å²) in [6.45, 7) is 2.11. The van der Waals surface area contributed by atoms with Crippen molar-refractivity contribution >= 4 is 16.9 Å². The van der Waals surface area contributed by atoms with Gasteiger partial charge in [0.15, 0.2) is 11.5 Å². The molecule has 0 spiro atoms. The van der Waals surface area contributed by atoms with Gasteiger partial charge in [-0.2, -0.15) is 0 Å². The van der Waals surface area contributed by atoms with Crippen LogP contribution in [0.2, 0.25) is 0 Å². The van der Waals surface area contributed by atoms with Crippen molar-refractivity contribution in [3.63, 3.8) is 0 Å². The predicted molar refractivity (Wildman–Crippen MR) is 89.7 cm³/mol. The molecule has 0 bridgehead atoms. The zero-order valence-corrected chi connectivity index (χ0v) is 13.4. The molecule has 0 unspecified atom stereocenters. The van der Waals surface area contributed by atoms with Crippen LogP contribution in [0, 0.1) is 6.92 Å². The topological polar surface area (TPSA) is 94.0 Å². The number of nitrogens with one attached hydrogen (secondary N) is 1. The maximum absolute atomic E-state index is 12.4. The number of carbonyl (C=O) groups excluding carboxylic acids is 1. The lowest BCUT2D eigenvalue weighted by Crippen LogP contribution is -2.23. The number of benzene rings is 1. The monoisotopic (exact) mass is 334 g/mol. The Kier molecular flexibility index (Phi) is 3.74. The van der Waals surface area contributed by atoms with Crippen molar-refractivity contribution < 1.29 is 13.7 Å². The number of aryl methyl sites for hydroxylation is 1. The van der Waals surface area contributed by atoms with Crippen molar-refractivity contribution in [2.75, 3.05) is 0 Å². The van der Waals surface area contributed by atoms with E-state index in [0.717, 1.165) is 5.69 Å². The van der Waals surface area contributed by atoms with Crippen molar-refractivity contribution in [1.82, 2.24) is 20.4 Å². The van der Waals surface area contributed by atoms with Gasteiger partial charge in [0.05, 0.1) is 17.6 Å². The molecule has 0 saturated heterocycles. The first-order valence-corrected chi connectivity index (χ1v) is 7.71. The van der Waals surface area contributed by atoms with Crippen LogP contribution < -0.4 is 5.32 Å². The Morgan fingerprint density at radius 1 is 1.24 bits per heavy atom. The molecular formula is C18H14N4O3. The molecule has 124 valence electrons. The minimum absolute atomic E-state index is 0.198. The fourth-order valence-corrected chi connectivity index (χ4v) is 2.51. The summed E-state index contributed by atoms with van der Waals surface area (Å²) in [6.07, 6.45) is 3.21. The summed E-state index contributed by atoms with van der Waals surface area (Å²) < 4.78 is 10.5. The fourth-order valence-electron chi connectivity index (χ4n) is 2.51. The molecule has 0 atom stereocenters. The van der Waals surface area contributed by atoms with Gasteiger partial charge in [-0.15, -0.1) is 0 Å². The molecule has 3 aromatic heterocycles. The SMILES string of the molecule is Cc1nc(-c2noc3ccc(C(=O)NCc4ccccn4)cc23)co1. The molecule has 0 aliphatic rings. The highest BCUT2D eigenvalue weighted by atomic mass is 16.5. The zero-order chi connectivity index (χ0) is 17.2. The molecule has 7 heteroatoms. The second-order valence-corrected chi connectivity index (χ2v) is 5.50. The number of amides is 1. The van der Waals surface area contributed by atoms with E-state index in [9.17, 15) is 4.79 Å². The van der Waals surface area contributed by atoms with E-state index in [2.05, 4.69) is 20.4 Å². The third-order valence-electron chi connectivity index (χ3n) is 3.75. The normalized spacial score (nSPS) is 10.9. The Morgan fingerprint density at radius 2 is 2.16 bits per heavy atom. The van der Waals surface area contributed by atoms with E-state index in [-0.39, 0.29) is 5.91 Å². The van der Waals surface area contributed by atoms with Crippen molar-refractivity contribution in [2.24, 2.45) is 0 Å². The van der Waals surface area contributed by atoms with Gasteiger partial charge in [-0.25, -0.2) is 4.98 Å². The number of hydrogen-bond donors (Lipinski definition) is 1. The van der Waals surface area contributed by atoms with Gasteiger partial charge in [-0.1, -0.05) is 11.2 Å². The van der Waals surface area contributed by atoms with Gasteiger partial charge < -0.3 is 14.3 Å². The minimum Gasteiger partial charge on any atom is -0.449 e. The quantitative estimate of drug-likeness (QED) is 0.616. The number of nitrogens with zero attached hydrogens (tertiary/aromatic N) is 3. The van der Waals surface area contributed by atoms with Crippen molar-refractivity contribution in [2.45, 2.75) is 13.5 Å². The van der Waals surface area contributed by atoms with Gasteiger partial charge in [0.1, 0.15) is 17.7 Å². The second kappa shape index (κ2) is 6.20.